The summed E-state index contributed by atoms with van der Waals surface area (Å²) in [4.78, 5) is 25.6. The van der Waals surface area contributed by atoms with E-state index in [1.54, 1.807) is 0 Å². The maximum Gasteiger partial charge on any atom is 0.305 e. The first-order valence-electron chi connectivity index (χ1n) is 14.6. The zero-order valence-corrected chi connectivity index (χ0v) is 22.6. The van der Waals surface area contributed by atoms with E-state index in [0.29, 0.717) is 41.8 Å². The zero-order valence-electron chi connectivity index (χ0n) is 22.6. The van der Waals surface area contributed by atoms with Gasteiger partial charge >= 0.3 is 5.97 Å². The Labute approximate surface area is 212 Å². The molecule has 0 amide bonds. The molecule has 0 aromatic heterocycles. The van der Waals surface area contributed by atoms with Crippen molar-refractivity contribution < 1.29 is 23.8 Å². The molecule has 0 aromatic rings. The molecule has 4 aliphatic carbocycles. The molecule has 0 bridgehead atoms. The fraction of sp³-hybridized carbons (Fsp3) is 0.933. The Morgan fingerprint density at radius 2 is 1.83 bits per heavy atom. The average Bonchev–Trinajstić information content (AvgIpc) is 3.21. The molecule has 5 aliphatic rings. The van der Waals surface area contributed by atoms with Gasteiger partial charge in [0.25, 0.3) is 0 Å². The molecule has 35 heavy (non-hydrogen) atoms. The van der Waals surface area contributed by atoms with Crippen LogP contribution in [-0.2, 0) is 23.8 Å². The van der Waals surface area contributed by atoms with Gasteiger partial charge in [0.1, 0.15) is 5.78 Å². The quantitative estimate of drug-likeness (QED) is 0.323. The van der Waals surface area contributed by atoms with E-state index < -0.39 is 0 Å². The van der Waals surface area contributed by atoms with Crippen molar-refractivity contribution in [2.75, 3.05) is 13.7 Å². The van der Waals surface area contributed by atoms with E-state index in [-0.39, 0.29) is 35.1 Å². The van der Waals surface area contributed by atoms with Crippen molar-refractivity contribution in [3.05, 3.63) is 0 Å². The molecule has 0 unspecified atom stereocenters. The lowest BCUT2D eigenvalue weighted by Gasteiger charge is -2.60. The molecule has 0 radical (unpaired) electrons. The van der Waals surface area contributed by atoms with Gasteiger partial charge in [-0.25, -0.2) is 0 Å². The summed E-state index contributed by atoms with van der Waals surface area (Å²) in [6, 6.07) is 0. The lowest BCUT2D eigenvalue weighted by Crippen LogP contribution is -2.57. The summed E-state index contributed by atoms with van der Waals surface area (Å²) in [6.45, 7) is 8.15. The number of carbonyl (C=O) groups excluding carboxylic acids is 2. The van der Waals surface area contributed by atoms with Crippen LogP contribution in [0.15, 0.2) is 0 Å². The fourth-order valence-electron chi connectivity index (χ4n) is 9.67. The molecule has 1 saturated heterocycles. The van der Waals surface area contributed by atoms with Crippen LogP contribution in [0.1, 0.15) is 104 Å². The Balaban J connectivity index is 1.27. The van der Waals surface area contributed by atoms with Crippen LogP contribution in [0.5, 0.6) is 0 Å². The Morgan fingerprint density at radius 3 is 2.57 bits per heavy atom. The summed E-state index contributed by atoms with van der Waals surface area (Å²) in [6.07, 6.45) is 13.9. The van der Waals surface area contributed by atoms with Gasteiger partial charge in [0.15, 0.2) is 6.29 Å². The van der Waals surface area contributed by atoms with Crippen molar-refractivity contribution in [2.24, 2.45) is 46.3 Å². The summed E-state index contributed by atoms with van der Waals surface area (Å²) in [5, 5.41) is 0. The summed E-state index contributed by atoms with van der Waals surface area (Å²) >= 11 is 0. The van der Waals surface area contributed by atoms with E-state index in [2.05, 4.69) is 20.8 Å². The van der Waals surface area contributed by atoms with Crippen molar-refractivity contribution in [1.82, 2.24) is 0 Å². The van der Waals surface area contributed by atoms with Gasteiger partial charge < -0.3 is 14.2 Å². The molecule has 5 rings (SSSR count). The van der Waals surface area contributed by atoms with Crippen LogP contribution in [0, 0.1) is 46.3 Å². The van der Waals surface area contributed by atoms with E-state index in [9.17, 15) is 9.59 Å². The predicted molar refractivity (Wildman–Crippen MR) is 134 cm³/mol. The number of Topliss-reactive ketones (excluding diaryl/α,β-unsaturated/α-hetero) is 1. The molecule has 198 valence electrons. The number of carbonyl (C=O) groups is 2. The van der Waals surface area contributed by atoms with Crippen LogP contribution in [0.3, 0.4) is 0 Å². The van der Waals surface area contributed by atoms with Crippen LogP contribution in [0.25, 0.3) is 0 Å². The van der Waals surface area contributed by atoms with E-state index in [1.165, 1.54) is 45.6 Å². The third-order valence-corrected chi connectivity index (χ3v) is 11.7. The number of ketones is 1. The highest BCUT2D eigenvalue weighted by Crippen LogP contribution is 2.67. The normalized spacial score (nSPS) is 46.3. The molecule has 1 heterocycles. The predicted octanol–water partition coefficient (Wildman–Crippen LogP) is 6.33. The number of ether oxygens (including phenoxy) is 3. The van der Waals surface area contributed by atoms with Gasteiger partial charge in [0, 0.05) is 25.4 Å². The highest BCUT2D eigenvalue weighted by Gasteiger charge is 2.63. The maximum absolute atomic E-state index is 13.8. The van der Waals surface area contributed by atoms with E-state index >= 15 is 0 Å². The number of fused-ring (bicyclic) bond motifs is 5. The smallest absolute Gasteiger partial charge is 0.305 e. The van der Waals surface area contributed by atoms with Crippen LogP contribution < -0.4 is 0 Å². The first-order valence-corrected chi connectivity index (χ1v) is 14.6. The minimum atomic E-state index is -0.101. The van der Waals surface area contributed by atoms with E-state index in [0.717, 1.165) is 45.1 Å². The SMILES string of the molecule is COC(=O)CC[C@H](C)[C@H]1CC[C@@H]2[C@@H]3C(=O)C[C@@H]4C[C@H](O[C@H]5CCCCO5)CC[C@]4(C)[C@H]3CC[C@@]21C. The third kappa shape index (κ3) is 4.62. The molecular formula is C30H48O5. The standard InChI is InChI=1S/C30H48O5/c1-19(8-11-26(32)33-4)22-9-10-23-28-24(13-15-30(22,23)3)29(2)14-12-21(17-20(29)18-25(28)31)35-27-7-5-6-16-34-27/h19-24,27-28H,5-18H2,1-4H3/t19-,20-,21+,22+,23+,24-,27-,28-,29-,30+/m0/s1. The Bertz CT molecular complexity index is 790. The van der Waals surface area contributed by atoms with Crippen LogP contribution in [0.2, 0.25) is 0 Å². The zero-order chi connectivity index (χ0) is 24.8. The molecule has 5 nitrogen and oxygen atoms in total. The van der Waals surface area contributed by atoms with Crippen LogP contribution >= 0.6 is 0 Å². The number of esters is 1. The minimum Gasteiger partial charge on any atom is -0.469 e. The molecule has 10 atom stereocenters. The largest absolute Gasteiger partial charge is 0.469 e. The topological polar surface area (TPSA) is 61.8 Å². The Hall–Kier alpha value is -0.940. The number of hydrogen-bond acceptors (Lipinski definition) is 5. The van der Waals surface area contributed by atoms with Crippen molar-refractivity contribution in [3.63, 3.8) is 0 Å². The summed E-state index contributed by atoms with van der Waals surface area (Å²) in [5.41, 5.74) is 0.496. The molecule has 5 heteroatoms. The summed E-state index contributed by atoms with van der Waals surface area (Å²) in [5.74, 6) is 3.30. The third-order valence-electron chi connectivity index (χ3n) is 11.7. The lowest BCUT2D eigenvalue weighted by molar-refractivity contribution is -0.211. The van der Waals surface area contributed by atoms with Gasteiger partial charge in [0.2, 0.25) is 0 Å². The van der Waals surface area contributed by atoms with Gasteiger partial charge in [-0.15, -0.1) is 0 Å². The molecule has 0 N–H and O–H groups in total. The first-order chi connectivity index (χ1) is 16.8. The maximum atomic E-state index is 13.8. The summed E-state index contributed by atoms with van der Waals surface area (Å²) in [7, 11) is 1.48. The molecule has 5 fully saturated rings. The second kappa shape index (κ2) is 10.1. The van der Waals surface area contributed by atoms with Crippen molar-refractivity contribution in [1.29, 1.82) is 0 Å². The van der Waals surface area contributed by atoms with Crippen molar-refractivity contribution in [2.45, 2.75) is 117 Å². The molecule has 4 saturated carbocycles. The van der Waals surface area contributed by atoms with Gasteiger partial charge in [0.05, 0.1) is 13.2 Å². The Kier molecular flexibility index (Phi) is 7.40. The van der Waals surface area contributed by atoms with Crippen LogP contribution in [-0.4, -0.2) is 37.9 Å². The molecular weight excluding hydrogens is 440 g/mol. The van der Waals surface area contributed by atoms with E-state index in [4.69, 9.17) is 14.2 Å². The van der Waals surface area contributed by atoms with Gasteiger partial charge in [-0.3, -0.25) is 9.59 Å². The van der Waals surface area contributed by atoms with Gasteiger partial charge in [-0.1, -0.05) is 20.8 Å². The second-order valence-corrected chi connectivity index (χ2v) is 13.3. The number of rotatable bonds is 6. The number of hydrogen-bond donors (Lipinski definition) is 0. The van der Waals surface area contributed by atoms with Crippen molar-refractivity contribution in [3.8, 4) is 0 Å². The fourth-order valence-corrected chi connectivity index (χ4v) is 9.67. The van der Waals surface area contributed by atoms with Gasteiger partial charge in [-0.05, 0) is 111 Å². The second-order valence-electron chi connectivity index (χ2n) is 13.3. The highest BCUT2D eigenvalue weighted by molar-refractivity contribution is 5.83. The minimum absolute atomic E-state index is 0.0304. The van der Waals surface area contributed by atoms with Crippen LogP contribution in [0.4, 0.5) is 0 Å². The highest BCUT2D eigenvalue weighted by atomic mass is 16.7. The van der Waals surface area contributed by atoms with Crippen molar-refractivity contribution >= 4 is 11.8 Å². The summed E-state index contributed by atoms with van der Waals surface area (Å²) < 4.78 is 17.2. The van der Waals surface area contributed by atoms with Gasteiger partial charge in [-0.2, -0.15) is 0 Å². The number of methoxy groups -OCH3 is 1. The molecule has 0 spiro atoms. The monoisotopic (exact) mass is 488 g/mol. The average molecular weight is 489 g/mol. The first kappa shape index (κ1) is 25.7. The molecule has 0 aromatic carbocycles. The lowest BCUT2D eigenvalue weighted by atomic mass is 9.44. The van der Waals surface area contributed by atoms with E-state index in [1.807, 2.05) is 0 Å². The molecule has 1 aliphatic heterocycles. The Morgan fingerprint density at radius 1 is 1.06 bits per heavy atom.